The molecule has 2 aromatic carbocycles. The van der Waals surface area contributed by atoms with E-state index in [4.69, 9.17) is 16.6 Å². The zero-order chi connectivity index (χ0) is 27.9. The van der Waals surface area contributed by atoms with Gasteiger partial charge >= 0.3 is 0 Å². The first kappa shape index (κ1) is 26.6. The quantitative estimate of drug-likeness (QED) is 0.362. The summed E-state index contributed by atoms with van der Waals surface area (Å²) in [5, 5.41) is 19.9. The maximum atomic E-state index is 13.0. The average Bonchev–Trinajstić information content (AvgIpc) is 3.61. The highest BCUT2D eigenvalue weighted by atomic mass is 35.5. The van der Waals surface area contributed by atoms with Gasteiger partial charge in [-0.1, -0.05) is 23.7 Å². The monoisotopic (exact) mass is 559 g/mol. The van der Waals surface area contributed by atoms with E-state index < -0.39 is 5.60 Å². The minimum atomic E-state index is -0.872. The van der Waals surface area contributed by atoms with Gasteiger partial charge in [-0.25, -0.2) is 4.52 Å². The number of piperidine rings is 1. The number of likely N-dealkylation sites (N-methyl/N-ethyl adjacent to an activating group) is 1. The molecule has 0 bridgehead atoms. The molecular weight excluding hydrogens is 526 g/mol. The van der Waals surface area contributed by atoms with Crippen molar-refractivity contribution >= 4 is 40.5 Å². The number of nitrogens with one attached hydrogen (secondary N) is 1. The van der Waals surface area contributed by atoms with Crippen LogP contribution < -0.4 is 10.2 Å². The maximum Gasteiger partial charge on any atom is 0.253 e. The largest absolute Gasteiger partial charge is 0.385 e. The van der Waals surface area contributed by atoms with Crippen molar-refractivity contribution in [2.45, 2.75) is 30.9 Å². The number of anilines is 3. The molecule has 2 aliphatic heterocycles. The van der Waals surface area contributed by atoms with Gasteiger partial charge in [0.15, 0.2) is 5.65 Å². The molecule has 0 spiro atoms. The molecule has 9 nitrogen and oxygen atoms in total. The number of carbonyl (C=O) groups is 1. The zero-order valence-corrected chi connectivity index (χ0v) is 23.6. The number of benzene rings is 2. The highest BCUT2D eigenvalue weighted by Gasteiger charge is 2.35. The Hall–Kier alpha value is -3.66. The molecule has 0 saturated carbocycles. The third-order valence-corrected chi connectivity index (χ3v) is 8.48. The van der Waals surface area contributed by atoms with Crippen molar-refractivity contribution in [2.75, 3.05) is 50.5 Å². The van der Waals surface area contributed by atoms with Gasteiger partial charge in [0, 0.05) is 54.7 Å². The Balaban J connectivity index is 1.13. The van der Waals surface area contributed by atoms with Gasteiger partial charge in [-0.2, -0.15) is 4.98 Å². The first-order chi connectivity index (χ1) is 19.3. The van der Waals surface area contributed by atoms with Gasteiger partial charge in [-0.3, -0.25) is 4.79 Å². The molecule has 0 aliphatic carbocycles. The number of carbonyl (C=O) groups excluding carboxylic acids is 1. The Morgan fingerprint density at radius 1 is 1.05 bits per heavy atom. The van der Waals surface area contributed by atoms with E-state index in [1.165, 1.54) is 0 Å². The number of hydrogen-bond donors (Lipinski definition) is 2. The fourth-order valence-electron chi connectivity index (χ4n) is 5.71. The lowest BCUT2D eigenvalue weighted by atomic mass is 9.84. The Morgan fingerprint density at radius 2 is 1.77 bits per heavy atom. The number of fused-ring (bicyclic) bond motifs is 1. The zero-order valence-electron chi connectivity index (χ0n) is 22.8. The number of pyridine rings is 1. The molecule has 208 valence electrons. The lowest BCUT2D eigenvalue weighted by Crippen LogP contribution is -2.42. The van der Waals surface area contributed by atoms with Gasteiger partial charge in [0.25, 0.3) is 5.91 Å². The summed E-state index contributed by atoms with van der Waals surface area (Å²) in [5.41, 5.74) is 3.24. The molecule has 40 heavy (non-hydrogen) atoms. The average molecular weight is 560 g/mol. The van der Waals surface area contributed by atoms with Crippen molar-refractivity contribution in [1.29, 1.82) is 0 Å². The summed E-state index contributed by atoms with van der Waals surface area (Å²) in [5.74, 6) is 0.547. The predicted molar refractivity (Wildman–Crippen MR) is 158 cm³/mol. The summed E-state index contributed by atoms with van der Waals surface area (Å²) < 4.78 is 1.77. The normalized spacial score (nSPS) is 19.0. The van der Waals surface area contributed by atoms with E-state index in [1.807, 2.05) is 71.8 Å². The fraction of sp³-hybridized carbons (Fsp3) is 0.367. The standard InChI is InChI=1S/C30H34ClN7O2/c1-35(2)25-13-17-37(20-25)28(39)21-5-11-24(12-6-21)32-29-33-27-26(4-3-16-38(27)34-29)36-18-14-30(40,15-19-36)22-7-9-23(31)10-8-22/h3-12,16,25,40H,13-15,17-20H2,1-2H3,(H,32,34)/t25-/m0/s1. The van der Waals surface area contributed by atoms with Crippen LogP contribution in [0.1, 0.15) is 35.2 Å². The molecule has 4 heterocycles. The molecule has 0 radical (unpaired) electrons. The van der Waals surface area contributed by atoms with Crippen molar-refractivity contribution < 1.29 is 9.90 Å². The van der Waals surface area contributed by atoms with Gasteiger partial charge in [-0.15, -0.1) is 5.10 Å². The molecule has 6 rings (SSSR count). The van der Waals surface area contributed by atoms with E-state index in [-0.39, 0.29) is 5.91 Å². The third-order valence-electron chi connectivity index (χ3n) is 8.22. The maximum absolute atomic E-state index is 13.0. The van der Waals surface area contributed by atoms with Gasteiger partial charge in [-0.05, 0) is 87.5 Å². The summed E-state index contributed by atoms with van der Waals surface area (Å²) in [6.45, 7) is 2.93. The number of aromatic nitrogens is 3. The molecular formula is C30H34ClN7O2. The molecule has 2 fully saturated rings. The highest BCUT2D eigenvalue weighted by molar-refractivity contribution is 6.30. The predicted octanol–water partition coefficient (Wildman–Crippen LogP) is 4.39. The molecule has 2 N–H and O–H groups in total. The van der Waals surface area contributed by atoms with E-state index in [1.54, 1.807) is 4.52 Å². The molecule has 1 amide bonds. The number of rotatable bonds is 6. The Labute approximate surface area is 239 Å². The molecule has 0 unspecified atom stereocenters. The Morgan fingerprint density at radius 3 is 2.45 bits per heavy atom. The van der Waals surface area contributed by atoms with E-state index in [0.29, 0.717) is 48.5 Å². The van der Waals surface area contributed by atoms with Crippen LogP contribution >= 0.6 is 11.6 Å². The molecule has 4 aromatic rings. The van der Waals surface area contributed by atoms with Crippen LogP contribution in [0, 0.1) is 0 Å². The molecule has 1 atom stereocenters. The molecule has 2 aromatic heterocycles. The lowest BCUT2D eigenvalue weighted by Gasteiger charge is -2.39. The van der Waals surface area contributed by atoms with Crippen LogP contribution in [-0.2, 0) is 5.60 Å². The van der Waals surface area contributed by atoms with Crippen molar-refractivity contribution in [3.63, 3.8) is 0 Å². The van der Waals surface area contributed by atoms with Crippen molar-refractivity contribution in [2.24, 2.45) is 0 Å². The molecule has 10 heteroatoms. The second-order valence-electron chi connectivity index (χ2n) is 11.0. The van der Waals surface area contributed by atoms with E-state index in [0.717, 1.165) is 42.1 Å². The summed E-state index contributed by atoms with van der Waals surface area (Å²) in [7, 11) is 4.12. The van der Waals surface area contributed by atoms with Crippen LogP contribution in [0.3, 0.4) is 0 Å². The lowest BCUT2D eigenvalue weighted by molar-refractivity contribution is 0.0118. The number of aliphatic hydroxyl groups is 1. The number of halogens is 1. The minimum Gasteiger partial charge on any atom is -0.385 e. The minimum absolute atomic E-state index is 0.0656. The van der Waals surface area contributed by atoms with Crippen LogP contribution in [0.25, 0.3) is 5.65 Å². The number of nitrogens with zero attached hydrogens (tertiary/aromatic N) is 6. The van der Waals surface area contributed by atoms with Crippen molar-refractivity contribution in [3.05, 3.63) is 83.0 Å². The number of likely N-dealkylation sites (tertiary alicyclic amines) is 1. The summed E-state index contributed by atoms with van der Waals surface area (Å²) in [6.07, 6.45) is 4.09. The molecule has 2 aliphatic rings. The SMILES string of the molecule is CN(C)[C@H]1CCN(C(=O)c2ccc(Nc3nc4c(N5CCC(O)(c6ccc(Cl)cc6)CC5)cccn4n3)cc2)C1. The second kappa shape index (κ2) is 10.7. The Bertz CT molecular complexity index is 1500. The summed E-state index contributed by atoms with van der Waals surface area (Å²) >= 11 is 6.04. The van der Waals surface area contributed by atoms with Crippen LogP contribution in [0.15, 0.2) is 66.9 Å². The Kier molecular flexibility index (Phi) is 7.12. The topological polar surface area (TPSA) is 89.2 Å². The van der Waals surface area contributed by atoms with Gasteiger partial charge in [0.05, 0.1) is 11.3 Å². The first-order valence-electron chi connectivity index (χ1n) is 13.7. The number of amides is 1. The summed E-state index contributed by atoms with van der Waals surface area (Å²) in [4.78, 5) is 24.1. The van der Waals surface area contributed by atoms with Gasteiger partial charge < -0.3 is 25.1 Å². The first-order valence-corrected chi connectivity index (χ1v) is 14.1. The summed E-state index contributed by atoms with van der Waals surface area (Å²) in [6, 6.07) is 19.4. The van der Waals surface area contributed by atoms with Crippen LogP contribution in [0.4, 0.5) is 17.3 Å². The van der Waals surface area contributed by atoms with E-state index in [9.17, 15) is 9.90 Å². The second-order valence-corrected chi connectivity index (χ2v) is 11.4. The van der Waals surface area contributed by atoms with Crippen LogP contribution in [-0.4, -0.2) is 81.7 Å². The van der Waals surface area contributed by atoms with Gasteiger partial charge in [0.2, 0.25) is 5.95 Å². The number of hydrogen-bond acceptors (Lipinski definition) is 7. The highest BCUT2D eigenvalue weighted by Crippen LogP contribution is 2.36. The van der Waals surface area contributed by atoms with Crippen molar-refractivity contribution in [3.8, 4) is 0 Å². The molecule has 2 saturated heterocycles. The third kappa shape index (κ3) is 5.24. The van der Waals surface area contributed by atoms with Crippen LogP contribution in [0.5, 0.6) is 0 Å². The van der Waals surface area contributed by atoms with E-state index in [2.05, 4.69) is 34.3 Å². The van der Waals surface area contributed by atoms with Crippen molar-refractivity contribution in [1.82, 2.24) is 24.4 Å². The smallest absolute Gasteiger partial charge is 0.253 e. The fourth-order valence-corrected chi connectivity index (χ4v) is 5.84. The van der Waals surface area contributed by atoms with Crippen LogP contribution in [0.2, 0.25) is 5.02 Å². The van der Waals surface area contributed by atoms with E-state index >= 15 is 0 Å². The van der Waals surface area contributed by atoms with Gasteiger partial charge in [0.1, 0.15) is 0 Å².